The number of aliphatic imine (C=N–C) groups is 1. The van der Waals surface area contributed by atoms with Crippen LogP contribution in [-0.4, -0.2) is 46.2 Å². The predicted molar refractivity (Wildman–Crippen MR) is 145 cm³/mol. The summed E-state index contributed by atoms with van der Waals surface area (Å²) in [4.78, 5) is 31.8. The van der Waals surface area contributed by atoms with Gasteiger partial charge in [-0.25, -0.2) is 9.98 Å². The topological polar surface area (TPSA) is 87.7 Å². The van der Waals surface area contributed by atoms with Crippen molar-refractivity contribution < 1.29 is 4.79 Å². The quantitative estimate of drug-likeness (QED) is 0.320. The predicted octanol–water partition coefficient (Wildman–Crippen LogP) is 4.44. The molecule has 0 atom stereocenters. The van der Waals surface area contributed by atoms with Gasteiger partial charge >= 0.3 is 0 Å². The van der Waals surface area contributed by atoms with Crippen LogP contribution in [0.15, 0.2) is 84.7 Å². The van der Waals surface area contributed by atoms with Gasteiger partial charge < -0.3 is 15.5 Å². The van der Waals surface area contributed by atoms with Gasteiger partial charge in [-0.1, -0.05) is 49.1 Å². The van der Waals surface area contributed by atoms with Gasteiger partial charge in [0.15, 0.2) is 0 Å². The number of piperidine rings is 2. The summed E-state index contributed by atoms with van der Waals surface area (Å²) in [6.07, 6.45) is 10.5. The van der Waals surface area contributed by atoms with Gasteiger partial charge in [-0.2, -0.15) is 0 Å². The number of hydrogen-bond acceptors (Lipinski definition) is 5. The standard InChI is InChI=1S/C29H32N6O/c1-2-3-16-31-27(30)23-10-5-4-9-22(23)21-35-17-8-13-29(28(35)36)14-18-34(19-15-29)26-20-32-24-11-6-7-12-25(24)33-26/h2-7,9-12,16,20H,1,8,13-15,17-19,21H2,(H2,30,31)/b16-3-. The maximum Gasteiger partial charge on any atom is 0.229 e. The molecule has 7 nitrogen and oxygen atoms in total. The zero-order chi connectivity index (χ0) is 25.0. The number of aromatic nitrogens is 2. The van der Waals surface area contributed by atoms with Crippen LogP contribution in [0.2, 0.25) is 0 Å². The van der Waals surface area contributed by atoms with E-state index in [2.05, 4.69) is 21.5 Å². The maximum absolute atomic E-state index is 13.8. The van der Waals surface area contributed by atoms with E-state index in [4.69, 9.17) is 10.7 Å². The van der Waals surface area contributed by atoms with Crippen molar-refractivity contribution in [1.82, 2.24) is 14.9 Å². The van der Waals surface area contributed by atoms with E-state index in [1.54, 1.807) is 18.4 Å². The van der Waals surface area contributed by atoms with E-state index >= 15 is 0 Å². The first kappa shape index (κ1) is 23.7. The van der Waals surface area contributed by atoms with Crippen LogP contribution in [0.5, 0.6) is 0 Å². The summed E-state index contributed by atoms with van der Waals surface area (Å²) >= 11 is 0. The maximum atomic E-state index is 13.8. The van der Waals surface area contributed by atoms with Crippen molar-refractivity contribution in [3.63, 3.8) is 0 Å². The van der Waals surface area contributed by atoms with E-state index < -0.39 is 0 Å². The van der Waals surface area contributed by atoms with Crippen LogP contribution >= 0.6 is 0 Å². The van der Waals surface area contributed by atoms with Crippen LogP contribution in [0.25, 0.3) is 11.0 Å². The molecule has 2 aromatic carbocycles. The summed E-state index contributed by atoms with van der Waals surface area (Å²) in [5.74, 6) is 1.58. The van der Waals surface area contributed by atoms with E-state index in [0.717, 1.165) is 73.3 Å². The van der Waals surface area contributed by atoms with Gasteiger partial charge in [-0.3, -0.25) is 9.78 Å². The summed E-state index contributed by atoms with van der Waals surface area (Å²) in [6, 6.07) is 15.8. The van der Waals surface area contributed by atoms with Gasteiger partial charge in [-0.05, 0) is 49.5 Å². The fourth-order valence-electron chi connectivity index (χ4n) is 5.40. The van der Waals surface area contributed by atoms with E-state index in [9.17, 15) is 4.79 Å². The SMILES string of the molecule is C=C/C=C\N=C(N)c1ccccc1CN1CCCC2(CCN(c3cnc4ccccc4n3)CC2)C1=O. The highest BCUT2D eigenvalue weighted by Gasteiger charge is 2.45. The number of nitrogens with zero attached hydrogens (tertiary/aromatic N) is 5. The van der Waals surface area contributed by atoms with Gasteiger partial charge in [0, 0.05) is 37.9 Å². The molecule has 7 heteroatoms. The third-order valence-electron chi connectivity index (χ3n) is 7.39. The number of amides is 1. The first-order valence-corrected chi connectivity index (χ1v) is 12.5. The Morgan fingerprint density at radius 1 is 1.06 bits per heavy atom. The highest BCUT2D eigenvalue weighted by atomic mass is 16.2. The Balaban J connectivity index is 1.29. The molecule has 1 aromatic heterocycles. The minimum Gasteiger partial charge on any atom is -0.383 e. The summed E-state index contributed by atoms with van der Waals surface area (Å²) in [7, 11) is 0. The third-order valence-corrected chi connectivity index (χ3v) is 7.39. The second kappa shape index (κ2) is 10.3. The Bertz CT molecular complexity index is 1320. The second-order valence-corrected chi connectivity index (χ2v) is 9.56. The van der Waals surface area contributed by atoms with Crippen LogP contribution in [0.1, 0.15) is 36.8 Å². The Kier molecular flexibility index (Phi) is 6.80. The number of carbonyl (C=O) groups excluding carboxylic acids is 1. The molecule has 2 aliphatic rings. The Labute approximate surface area is 212 Å². The molecule has 1 spiro atoms. The lowest BCUT2D eigenvalue weighted by molar-refractivity contribution is -0.148. The van der Waals surface area contributed by atoms with Crippen molar-refractivity contribution in [1.29, 1.82) is 0 Å². The van der Waals surface area contributed by atoms with Gasteiger partial charge in [-0.15, -0.1) is 0 Å². The van der Waals surface area contributed by atoms with Gasteiger partial charge in [0.1, 0.15) is 11.7 Å². The highest BCUT2D eigenvalue weighted by Crippen LogP contribution is 2.42. The third kappa shape index (κ3) is 4.73. The number of fused-ring (bicyclic) bond motifs is 1. The first-order valence-electron chi connectivity index (χ1n) is 12.5. The number of benzene rings is 2. The number of allylic oxidation sites excluding steroid dienone is 2. The van der Waals surface area contributed by atoms with Crippen LogP contribution in [0, 0.1) is 5.41 Å². The molecule has 0 bridgehead atoms. The molecule has 36 heavy (non-hydrogen) atoms. The number of carbonyl (C=O) groups is 1. The second-order valence-electron chi connectivity index (χ2n) is 9.56. The van der Waals surface area contributed by atoms with Crippen molar-refractivity contribution in [3.8, 4) is 0 Å². The van der Waals surface area contributed by atoms with E-state index in [1.165, 1.54) is 0 Å². The number of rotatable bonds is 6. The normalized spacial score (nSPS) is 18.3. The summed E-state index contributed by atoms with van der Waals surface area (Å²) in [5.41, 5.74) is 9.63. The Hall–Kier alpha value is -4.00. The number of para-hydroxylation sites is 2. The van der Waals surface area contributed by atoms with Gasteiger partial charge in [0.25, 0.3) is 0 Å². The summed E-state index contributed by atoms with van der Waals surface area (Å²) < 4.78 is 0. The molecule has 0 unspecified atom stereocenters. The monoisotopic (exact) mass is 480 g/mol. The molecule has 0 radical (unpaired) electrons. The number of anilines is 1. The molecule has 184 valence electrons. The molecule has 0 saturated carbocycles. The molecule has 1 amide bonds. The number of hydrogen-bond donors (Lipinski definition) is 1. The van der Waals surface area contributed by atoms with Crippen molar-refractivity contribution in [2.75, 3.05) is 24.5 Å². The summed E-state index contributed by atoms with van der Waals surface area (Å²) in [5, 5.41) is 0. The van der Waals surface area contributed by atoms with E-state index in [1.807, 2.05) is 59.6 Å². The van der Waals surface area contributed by atoms with Gasteiger partial charge in [0.2, 0.25) is 5.91 Å². The van der Waals surface area contributed by atoms with Crippen molar-refractivity contribution >= 4 is 28.6 Å². The number of amidine groups is 1. The minimum atomic E-state index is -0.305. The molecule has 2 fully saturated rings. The molecular formula is C29H32N6O. The fraction of sp³-hybridized carbons (Fsp3) is 0.310. The summed E-state index contributed by atoms with van der Waals surface area (Å²) in [6.45, 7) is 6.57. The lowest BCUT2D eigenvalue weighted by Gasteiger charge is -2.46. The number of nitrogens with two attached hydrogens (primary N) is 1. The average molecular weight is 481 g/mol. The first-order chi connectivity index (χ1) is 17.6. The van der Waals surface area contributed by atoms with Gasteiger partial charge in [0.05, 0.1) is 22.6 Å². The van der Waals surface area contributed by atoms with E-state index in [0.29, 0.717) is 12.4 Å². The molecule has 0 aliphatic carbocycles. The van der Waals surface area contributed by atoms with Crippen LogP contribution < -0.4 is 10.6 Å². The number of likely N-dealkylation sites (tertiary alicyclic amines) is 1. The van der Waals surface area contributed by atoms with Crippen molar-refractivity contribution in [3.05, 3.63) is 90.8 Å². The Morgan fingerprint density at radius 2 is 1.81 bits per heavy atom. The molecule has 3 heterocycles. The zero-order valence-corrected chi connectivity index (χ0v) is 20.5. The Morgan fingerprint density at radius 3 is 2.61 bits per heavy atom. The zero-order valence-electron chi connectivity index (χ0n) is 20.5. The van der Waals surface area contributed by atoms with E-state index in [-0.39, 0.29) is 11.3 Å². The smallest absolute Gasteiger partial charge is 0.229 e. The lowest BCUT2D eigenvalue weighted by Crippen LogP contribution is -2.53. The van der Waals surface area contributed by atoms with Crippen molar-refractivity contribution in [2.24, 2.45) is 16.1 Å². The van der Waals surface area contributed by atoms with Crippen LogP contribution in [0.4, 0.5) is 5.82 Å². The fourth-order valence-corrected chi connectivity index (χ4v) is 5.40. The molecule has 2 aliphatic heterocycles. The molecular weight excluding hydrogens is 448 g/mol. The molecule has 2 saturated heterocycles. The largest absolute Gasteiger partial charge is 0.383 e. The molecule has 3 aromatic rings. The average Bonchev–Trinajstić information content (AvgIpc) is 2.92. The highest BCUT2D eigenvalue weighted by molar-refractivity contribution is 5.99. The van der Waals surface area contributed by atoms with Crippen molar-refractivity contribution in [2.45, 2.75) is 32.2 Å². The molecule has 2 N–H and O–H groups in total. The lowest BCUT2D eigenvalue weighted by atomic mass is 9.71. The van der Waals surface area contributed by atoms with Crippen LogP contribution in [0.3, 0.4) is 0 Å². The van der Waals surface area contributed by atoms with Crippen LogP contribution in [-0.2, 0) is 11.3 Å². The minimum absolute atomic E-state index is 0.259. The molecule has 5 rings (SSSR count).